The predicted octanol–water partition coefficient (Wildman–Crippen LogP) is 3.27. The summed E-state index contributed by atoms with van der Waals surface area (Å²) < 4.78 is 41.6. The zero-order chi connectivity index (χ0) is 22.8. The zero-order valence-electron chi connectivity index (χ0n) is 17.2. The molecular weight excluding hydrogens is 415 g/mol. The normalized spacial score (nSPS) is 14.6. The number of rotatable bonds is 7. The van der Waals surface area contributed by atoms with Gasteiger partial charge in [0.15, 0.2) is 6.61 Å². The average Bonchev–Trinajstić information content (AvgIpc) is 3.51. The first-order chi connectivity index (χ1) is 14.5. The molecule has 11 heteroatoms. The molecule has 31 heavy (non-hydrogen) atoms. The van der Waals surface area contributed by atoms with Gasteiger partial charge in [0, 0.05) is 23.4 Å². The third-order valence-corrected chi connectivity index (χ3v) is 4.51. The SMILES string of the molecule is Cc1cc(C(C)NC(=O)c2cnc(OCC(F)(F)F)c(C)c2)nc(NC(=O)C2CC2)n1. The lowest BCUT2D eigenvalue weighted by atomic mass is 10.1. The Kier molecular flexibility index (Phi) is 6.42. The van der Waals surface area contributed by atoms with Crippen molar-refractivity contribution in [3.8, 4) is 5.88 Å². The van der Waals surface area contributed by atoms with E-state index in [2.05, 4.69) is 30.3 Å². The molecule has 8 nitrogen and oxygen atoms in total. The minimum atomic E-state index is -4.48. The van der Waals surface area contributed by atoms with E-state index in [4.69, 9.17) is 0 Å². The fraction of sp³-hybridized carbons (Fsp3) is 0.450. The Balaban J connectivity index is 1.66. The molecule has 3 rings (SSSR count). The minimum absolute atomic E-state index is 0.00325. The van der Waals surface area contributed by atoms with Crippen LogP contribution in [-0.4, -0.2) is 39.5 Å². The van der Waals surface area contributed by atoms with Crippen LogP contribution in [0.2, 0.25) is 0 Å². The Bertz CT molecular complexity index is 993. The summed E-state index contributed by atoms with van der Waals surface area (Å²) in [6.45, 7) is 3.50. The molecule has 1 aliphatic carbocycles. The fourth-order valence-electron chi connectivity index (χ4n) is 2.77. The third kappa shape index (κ3) is 6.37. The van der Waals surface area contributed by atoms with Crippen LogP contribution < -0.4 is 15.4 Å². The van der Waals surface area contributed by atoms with Crippen LogP contribution in [0.25, 0.3) is 0 Å². The summed E-state index contributed by atoms with van der Waals surface area (Å²) in [4.78, 5) is 36.8. The smallest absolute Gasteiger partial charge is 0.422 e. The van der Waals surface area contributed by atoms with Crippen molar-refractivity contribution < 1.29 is 27.5 Å². The molecular formula is C20H22F3N5O3. The van der Waals surface area contributed by atoms with Gasteiger partial charge in [-0.05, 0) is 45.7 Å². The van der Waals surface area contributed by atoms with Crippen molar-refractivity contribution in [2.45, 2.75) is 45.8 Å². The Labute approximate surface area is 176 Å². The van der Waals surface area contributed by atoms with Crippen molar-refractivity contribution in [1.82, 2.24) is 20.3 Å². The average molecular weight is 437 g/mol. The molecule has 166 valence electrons. The molecule has 0 saturated heterocycles. The molecule has 2 aromatic heterocycles. The number of pyridine rings is 1. The lowest BCUT2D eigenvalue weighted by molar-refractivity contribution is -0.154. The third-order valence-electron chi connectivity index (χ3n) is 4.51. The number of nitrogens with zero attached hydrogens (tertiary/aromatic N) is 3. The van der Waals surface area contributed by atoms with Crippen molar-refractivity contribution in [3.63, 3.8) is 0 Å². The molecule has 1 saturated carbocycles. The van der Waals surface area contributed by atoms with E-state index in [0.29, 0.717) is 17.0 Å². The number of carbonyl (C=O) groups excluding carboxylic acids is 2. The van der Waals surface area contributed by atoms with Gasteiger partial charge in [-0.1, -0.05) is 0 Å². The highest BCUT2D eigenvalue weighted by Gasteiger charge is 2.30. The molecule has 0 aromatic carbocycles. The standard InChI is InChI=1S/C20H22F3N5O3/c1-10-6-14(8-24-18(10)31-9-20(21,22)23)17(30)26-12(3)15-7-11(2)25-19(27-15)28-16(29)13-4-5-13/h6-8,12-13H,4-5,9H2,1-3H3,(H,26,30)(H,25,27,28,29). The van der Waals surface area contributed by atoms with E-state index in [0.717, 1.165) is 19.0 Å². The number of nitrogens with one attached hydrogen (secondary N) is 2. The van der Waals surface area contributed by atoms with E-state index in [1.807, 2.05) is 0 Å². The van der Waals surface area contributed by atoms with Gasteiger partial charge in [0.2, 0.25) is 17.7 Å². The van der Waals surface area contributed by atoms with Gasteiger partial charge in [-0.15, -0.1) is 0 Å². The highest BCUT2D eigenvalue weighted by molar-refractivity contribution is 5.94. The molecule has 0 aliphatic heterocycles. The highest BCUT2D eigenvalue weighted by atomic mass is 19.4. The Morgan fingerprint density at radius 1 is 1.23 bits per heavy atom. The largest absolute Gasteiger partial charge is 0.468 e. The van der Waals surface area contributed by atoms with Crippen LogP contribution in [0.3, 0.4) is 0 Å². The summed E-state index contributed by atoms with van der Waals surface area (Å²) in [6.07, 6.45) is -1.63. The summed E-state index contributed by atoms with van der Waals surface area (Å²) in [7, 11) is 0. The summed E-state index contributed by atoms with van der Waals surface area (Å²) in [5, 5.41) is 5.44. The number of aromatic nitrogens is 3. The maximum absolute atomic E-state index is 12.6. The van der Waals surface area contributed by atoms with E-state index >= 15 is 0 Å². The van der Waals surface area contributed by atoms with Crippen LogP contribution in [0.5, 0.6) is 5.88 Å². The molecule has 2 heterocycles. The quantitative estimate of drug-likeness (QED) is 0.689. The Morgan fingerprint density at radius 3 is 2.55 bits per heavy atom. The molecule has 1 unspecified atom stereocenters. The van der Waals surface area contributed by atoms with Crippen molar-refractivity contribution in [1.29, 1.82) is 0 Å². The lowest BCUT2D eigenvalue weighted by Gasteiger charge is -2.16. The maximum atomic E-state index is 12.6. The number of alkyl halides is 3. The number of ether oxygens (including phenoxy) is 1. The van der Waals surface area contributed by atoms with Gasteiger partial charge in [-0.2, -0.15) is 13.2 Å². The van der Waals surface area contributed by atoms with Gasteiger partial charge in [0.05, 0.1) is 17.3 Å². The topological polar surface area (TPSA) is 106 Å². The molecule has 0 spiro atoms. The van der Waals surface area contributed by atoms with Crippen molar-refractivity contribution in [2.75, 3.05) is 11.9 Å². The number of hydrogen-bond donors (Lipinski definition) is 2. The van der Waals surface area contributed by atoms with Gasteiger partial charge in [-0.3, -0.25) is 14.9 Å². The summed E-state index contributed by atoms with van der Waals surface area (Å²) in [5.41, 5.74) is 1.59. The number of anilines is 1. The first-order valence-corrected chi connectivity index (χ1v) is 9.65. The minimum Gasteiger partial charge on any atom is -0.468 e. The Hall–Kier alpha value is -3.24. The van der Waals surface area contributed by atoms with Crippen molar-refractivity contribution in [3.05, 3.63) is 40.8 Å². The maximum Gasteiger partial charge on any atom is 0.422 e. The second-order valence-corrected chi connectivity index (χ2v) is 7.47. The van der Waals surface area contributed by atoms with Gasteiger partial charge in [0.1, 0.15) is 0 Å². The number of hydrogen-bond acceptors (Lipinski definition) is 6. The Morgan fingerprint density at radius 2 is 1.94 bits per heavy atom. The van der Waals surface area contributed by atoms with E-state index in [1.54, 1.807) is 19.9 Å². The molecule has 1 atom stereocenters. The molecule has 0 bridgehead atoms. The molecule has 0 radical (unpaired) electrons. The van der Waals surface area contributed by atoms with Crippen LogP contribution in [-0.2, 0) is 4.79 Å². The second kappa shape index (κ2) is 8.86. The van der Waals surface area contributed by atoms with E-state index in [1.165, 1.54) is 13.0 Å². The number of amides is 2. The molecule has 1 fully saturated rings. The van der Waals surface area contributed by atoms with Gasteiger partial charge in [-0.25, -0.2) is 15.0 Å². The number of aryl methyl sites for hydroxylation is 2. The van der Waals surface area contributed by atoms with Crippen molar-refractivity contribution in [2.24, 2.45) is 5.92 Å². The molecule has 1 aliphatic rings. The molecule has 2 N–H and O–H groups in total. The monoisotopic (exact) mass is 437 g/mol. The van der Waals surface area contributed by atoms with E-state index in [-0.39, 0.29) is 29.2 Å². The van der Waals surface area contributed by atoms with E-state index in [9.17, 15) is 22.8 Å². The number of carbonyl (C=O) groups is 2. The highest BCUT2D eigenvalue weighted by Crippen LogP contribution is 2.30. The van der Waals surface area contributed by atoms with Crippen LogP contribution in [0.4, 0.5) is 19.1 Å². The van der Waals surface area contributed by atoms with Crippen LogP contribution >= 0.6 is 0 Å². The zero-order valence-corrected chi connectivity index (χ0v) is 17.2. The van der Waals surface area contributed by atoms with Crippen molar-refractivity contribution >= 4 is 17.8 Å². The van der Waals surface area contributed by atoms with E-state index < -0.39 is 24.7 Å². The fourth-order valence-corrected chi connectivity index (χ4v) is 2.77. The summed E-state index contributed by atoms with van der Waals surface area (Å²) >= 11 is 0. The lowest BCUT2D eigenvalue weighted by Crippen LogP contribution is -2.28. The second-order valence-electron chi connectivity index (χ2n) is 7.47. The van der Waals surface area contributed by atoms with Gasteiger partial charge in [0.25, 0.3) is 5.91 Å². The predicted molar refractivity (Wildman–Crippen MR) is 105 cm³/mol. The number of halogens is 3. The summed E-state index contributed by atoms with van der Waals surface area (Å²) in [6, 6.07) is 2.56. The van der Waals surface area contributed by atoms with Gasteiger partial charge < -0.3 is 10.1 Å². The first kappa shape index (κ1) is 22.4. The molecule has 2 amide bonds. The van der Waals surface area contributed by atoms with Gasteiger partial charge >= 0.3 is 6.18 Å². The summed E-state index contributed by atoms with van der Waals surface area (Å²) in [5.74, 6) is -0.613. The van der Waals surface area contributed by atoms with Crippen LogP contribution in [0.1, 0.15) is 53.1 Å². The van der Waals surface area contributed by atoms with Crippen LogP contribution in [0, 0.1) is 19.8 Å². The first-order valence-electron chi connectivity index (χ1n) is 9.65. The molecule has 2 aromatic rings. The van der Waals surface area contributed by atoms with Crippen LogP contribution in [0.15, 0.2) is 18.3 Å².